The summed E-state index contributed by atoms with van der Waals surface area (Å²) in [4.78, 5) is 18.6. The average Bonchev–Trinajstić information content (AvgIpc) is 3.25. The Morgan fingerprint density at radius 3 is 2.83 bits per heavy atom. The van der Waals surface area contributed by atoms with Gasteiger partial charge in [-0.1, -0.05) is 45.5 Å². The van der Waals surface area contributed by atoms with Crippen LogP contribution in [0.15, 0.2) is 51.0 Å². The fraction of sp³-hybridized carbons (Fsp3) is 0. The molecule has 24 heavy (non-hydrogen) atoms. The van der Waals surface area contributed by atoms with Crippen LogP contribution in [-0.2, 0) is 0 Å². The number of aromatic nitrogens is 3. The summed E-state index contributed by atoms with van der Waals surface area (Å²) in [6, 6.07) is 11.8. The van der Waals surface area contributed by atoms with Crippen molar-refractivity contribution in [1.82, 2.24) is 14.6 Å². The molecule has 0 saturated heterocycles. The minimum atomic E-state index is -0.141. The van der Waals surface area contributed by atoms with E-state index in [1.54, 1.807) is 11.3 Å². The summed E-state index contributed by atoms with van der Waals surface area (Å²) in [7, 11) is 0. The van der Waals surface area contributed by atoms with Gasteiger partial charge in [0.1, 0.15) is 0 Å². The van der Waals surface area contributed by atoms with Gasteiger partial charge in [0.05, 0.1) is 4.53 Å². The highest BCUT2D eigenvalue weighted by Gasteiger charge is 2.08. The van der Waals surface area contributed by atoms with Gasteiger partial charge in [0.25, 0.3) is 5.56 Å². The highest BCUT2D eigenvalue weighted by Crippen LogP contribution is 2.14. The van der Waals surface area contributed by atoms with Gasteiger partial charge in [-0.3, -0.25) is 4.79 Å². The van der Waals surface area contributed by atoms with E-state index in [-0.39, 0.29) is 5.56 Å². The minimum Gasteiger partial charge on any atom is -0.266 e. The molecule has 7 heteroatoms. The van der Waals surface area contributed by atoms with E-state index in [4.69, 9.17) is 0 Å². The lowest BCUT2D eigenvalue weighted by molar-refractivity contribution is 0.925. The second kappa shape index (κ2) is 6.43. The van der Waals surface area contributed by atoms with E-state index >= 15 is 0 Å². The zero-order chi connectivity index (χ0) is 16.5. The largest absolute Gasteiger partial charge is 0.291 e. The molecule has 4 aromatic rings. The molecule has 3 aromatic heterocycles. The van der Waals surface area contributed by atoms with E-state index in [9.17, 15) is 4.79 Å². The summed E-state index contributed by atoms with van der Waals surface area (Å²) < 4.78 is 2.96. The number of halogens is 1. The molecule has 0 aliphatic carbocycles. The number of rotatable bonds is 3. The van der Waals surface area contributed by atoms with Crippen molar-refractivity contribution in [3.63, 3.8) is 0 Å². The van der Waals surface area contributed by atoms with Crippen molar-refractivity contribution in [2.45, 2.75) is 0 Å². The highest BCUT2D eigenvalue weighted by atomic mass is 79.9. The third-order valence-corrected chi connectivity index (χ3v) is 5.57. The first-order chi connectivity index (χ1) is 11.7. The number of thiophene rings is 1. The quantitative estimate of drug-likeness (QED) is 0.512. The SMILES string of the molecule is O=c1/c(=C\c2cccc(Br)c2)sc2nc(/C=C/c3cccs3)nn12. The zero-order valence-corrected chi connectivity index (χ0v) is 15.4. The molecule has 0 radical (unpaired) electrons. The van der Waals surface area contributed by atoms with E-state index in [0.29, 0.717) is 15.3 Å². The number of nitrogens with zero attached hydrogens (tertiary/aromatic N) is 3. The molecule has 3 heterocycles. The van der Waals surface area contributed by atoms with Crippen molar-refractivity contribution in [3.8, 4) is 0 Å². The van der Waals surface area contributed by atoms with Crippen LogP contribution in [0.4, 0.5) is 0 Å². The highest BCUT2D eigenvalue weighted by molar-refractivity contribution is 9.10. The monoisotopic (exact) mass is 415 g/mol. The van der Waals surface area contributed by atoms with Crippen LogP contribution in [0.1, 0.15) is 16.3 Å². The Morgan fingerprint density at radius 1 is 1.17 bits per heavy atom. The van der Waals surface area contributed by atoms with Gasteiger partial charge < -0.3 is 0 Å². The Morgan fingerprint density at radius 2 is 2.08 bits per heavy atom. The standard InChI is InChI=1S/C17H10BrN3OS2/c18-12-4-1-3-11(9-12)10-14-16(22)21-17(24-14)19-15(20-21)7-6-13-5-2-8-23-13/h1-10H/b7-6+,14-10+. The van der Waals surface area contributed by atoms with E-state index < -0.39 is 0 Å². The molecule has 1 aromatic carbocycles. The van der Waals surface area contributed by atoms with Crippen LogP contribution in [-0.4, -0.2) is 14.6 Å². The normalized spacial score (nSPS) is 12.6. The van der Waals surface area contributed by atoms with Gasteiger partial charge in [0.15, 0.2) is 5.82 Å². The fourth-order valence-corrected chi connectivity index (χ4v) is 4.16. The van der Waals surface area contributed by atoms with E-state index in [0.717, 1.165) is 14.9 Å². The molecule has 0 atom stereocenters. The zero-order valence-electron chi connectivity index (χ0n) is 12.2. The Kier molecular flexibility index (Phi) is 4.13. The van der Waals surface area contributed by atoms with Crippen molar-refractivity contribution in [1.29, 1.82) is 0 Å². The lowest BCUT2D eigenvalue weighted by Gasteiger charge is -1.92. The van der Waals surface area contributed by atoms with Crippen molar-refractivity contribution >= 4 is 61.8 Å². The maximum atomic E-state index is 12.5. The average molecular weight is 416 g/mol. The lowest BCUT2D eigenvalue weighted by Crippen LogP contribution is -2.23. The van der Waals surface area contributed by atoms with Crippen LogP contribution in [0.5, 0.6) is 0 Å². The molecule has 0 saturated carbocycles. The Balaban J connectivity index is 1.72. The molecule has 0 bridgehead atoms. The summed E-state index contributed by atoms with van der Waals surface area (Å²) in [5.74, 6) is 0.542. The first kappa shape index (κ1) is 15.4. The van der Waals surface area contributed by atoms with Gasteiger partial charge in [0.2, 0.25) is 4.96 Å². The summed E-state index contributed by atoms with van der Waals surface area (Å²) in [6.07, 6.45) is 5.63. The van der Waals surface area contributed by atoms with Crippen LogP contribution in [0.2, 0.25) is 0 Å². The molecule has 4 rings (SSSR count). The van der Waals surface area contributed by atoms with Crippen molar-refractivity contribution in [3.05, 3.63) is 77.4 Å². The third kappa shape index (κ3) is 3.10. The summed E-state index contributed by atoms with van der Waals surface area (Å²) in [6.45, 7) is 0. The molecule has 0 aliphatic rings. The predicted octanol–water partition coefficient (Wildman–Crippen LogP) is 3.69. The molecular weight excluding hydrogens is 406 g/mol. The van der Waals surface area contributed by atoms with Crippen LogP contribution in [0, 0.1) is 0 Å². The van der Waals surface area contributed by atoms with Gasteiger partial charge in [0, 0.05) is 9.35 Å². The first-order valence-electron chi connectivity index (χ1n) is 7.07. The van der Waals surface area contributed by atoms with Gasteiger partial charge in [-0.25, -0.2) is 0 Å². The number of fused-ring (bicyclic) bond motifs is 1. The van der Waals surface area contributed by atoms with Gasteiger partial charge in [-0.05, 0) is 47.4 Å². The number of thiazole rings is 1. The van der Waals surface area contributed by atoms with Crippen LogP contribution < -0.4 is 10.1 Å². The molecule has 4 nitrogen and oxygen atoms in total. The molecule has 0 unspecified atom stereocenters. The maximum absolute atomic E-state index is 12.5. The Bertz CT molecular complexity index is 1140. The molecule has 0 amide bonds. The molecule has 0 fully saturated rings. The number of hydrogen-bond acceptors (Lipinski definition) is 5. The molecule has 0 spiro atoms. The summed E-state index contributed by atoms with van der Waals surface area (Å²) in [5.41, 5.74) is 0.821. The summed E-state index contributed by atoms with van der Waals surface area (Å²) >= 11 is 6.42. The van der Waals surface area contributed by atoms with E-state index in [1.807, 2.05) is 60.0 Å². The topological polar surface area (TPSA) is 47.3 Å². The first-order valence-corrected chi connectivity index (χ1v) is 9.56. The van der Waals surface area contributed by atoms with Gasteiger partial charge >= 0.3 is 0 Å². The third-order valence-electron chi connectivity index (χ3n) is 3.28. The maximum Gasteiger partial charge on any atom is 0.291 e. The molecular formula is C17H10BrN3OS2. The van der Waals surface area contributed by atoms with Crippen LogP contribution >= 0.6 is 38.6 Å². The minimum absolute atomic E-state index is 0.141. The van der Waals surface area contributed by atoms with Crippen LogP contribution in [0.25, 0.3) is 23.2 Å². The predicted molar refractivity (Wildman–Crippen MR) is 103 cm³/mol. The number of benzene rings is 1. The number of hydrogen-bond donors (Lipinski definition) is 0. The van der Waals surface area contributed by atoms with Gasteiger partial charge in [-0.2, -0.15) is 9.50 Å². The van der Waals surface area contributed by atoms with Crippen molar-refractivity contribution in [2.24, 2.45) is 0 Å². The Labute approximate surface area is 153 Å². The molecule has 118 valence electrons. The molecule has 0 aliphatic heterocycles. The van der Waals surface area contributed by atoms with Crippen molar-refractivity contribution in [2.75, 3.05) is 0 Å². The lowest BCUT2D eigenvalue weighted by atomic mass is 10.2. The smallest absolute Gasteiger partial charge is 0.266 e. The second-order valence-corrected chi connectivity index (χ2v) is 7.89. The Hall–Kier alpha value is -2.09. The fourth-order valence-electron chi connectivity index (χ4n) is 2.21. The summed E-state index contributed by atoms with van der Waals surface area (Å²) in [5, 5.41) is 6.30. The van der Waals surface area contributed by atoms with Crippen LogP contribution in [0.3, 0.4) is 0 Å². The van der Waals surface area contributed by atoms with E-state index in [2.05, 4.69) is 26.0 Å². The van der Waals surface area contributed by atoms with Crippen molar-refractivity contribution < 1.29 is 0 Å². The second-order valence-electron chi connectivity index (χ2n) is 4.98. The van der Waals surface area contributed by atoms with E-state index in [1.165, 1.54) is 15.9 Å². The van der Waals surface area contributed by atoms with Gasteiger partial charge in [-0.15, -0.1) is 16.4 Å². The molecule has 0 N–H and O–H groups in total.